The minimum absolute atomic E-state index is 0.586. The van der Waals surface area contributed by atoms with Gasteiger partial charge >= 0.3 is 0 Å². The molecule has 1 aromatic carbocycles. The summed E-state index contributed by atoms with van der Waals surface area (Å²) in [5, 5.41) is 17.3. The van der Waals surface area contributed by atoms with Crippen molar-refractivity contribution in [2.24, 2.45) is 10.2 Å². The highest BCUT2D eigenvalue weighted by atomic mass is 16.5. The Hall–Kier alpha value is -2.40. The van der Waals surface area contributed by atoms with Gasteiger partial charge in [0.05, 0.1) is 19.0 Å². The van der Waals surface area contributed by atoms with Crippen LogP contribution >= 0.6 is 0 Å². The Bertz CT molecular complexity index is 801. The zero-order valence-corrected chi connectivity index (χ0v) is 11.2. The Labute approximate surface area is 121 Å². The molecular formula is C16H12N4O. The molecule has 1 aliphatic carbocycles. The van der Waals surface area contributed by atoms with E-state index in [2.05, 4.69) is 38.6 Å². The number of azo groups is 1. The molecule has 0 unspecified atom stereocenters. The second-order valence-corrected chi connectivity index (χ2v) is 5.56. The van der Waals surface area contributed by atoms with Gasteiger partial charge in [-0.05, 0) is 23.6 Å². The first kappa shape index (κ1) is 11.3. The molecule has 1 saturated heterocycles. The van der Waals surface area contributed by atoms with Crippen LogP contribution in [0.3, 0.4) is 0 Å². The van der Waals surface area contributed by atoms with Gasteiger partial charge in [-0.25, -0.2) is 0 Å². The van der Waals surface area contributed by atoms with E-state index >= 15 is 0 Å². The summed E-state index contributed by atoms with van der Waals surface area (Å²) >= 11 is 0. The van der Waals surface area contributed by atoms with Crippen molar-refractivity contribution >= 4 is 0 Å². The number of hydrogen-bond acceptors (Lipinski definition) is 5. The Balaban J connectivity index is 1.88. The van der Waals surface area contributed by atoms with Crippen molar-refractivity contribution in [3.8, 4) is 0 Å². The third-order valence-electron chi connectivity index (χ3n) is 4.57. The van der Waals surface area contributed by atoms with Crippen LogP contribution in [-0.2, 0) is 16.0 Å². The molecule has 3 aliphatic heterocycles. The van der Waals surface area contributed by atoms with E-state index in [1.54, 1.807) is 12.4 Å². The van der Waals surface area contributed by atoms with Gasteiger partial charge in [0, 0.05) is 11.1 Å². The van der Waals surface area contributed by atoms with E-state index in [1.165, 1.54) is 5.57 Å². The summed E-state index contributed by atoms with van der Waals surface area (Å²) in [6, 6.07) is 10.2. The van der Waals surface area contributed by atoms with Gasteiger partial charge in [0.15, 0.2) is 5.54 Å². The van der Waals surface area contributed by atoms with Gasteiger partial charge < -0.3 is 4.74 Å². The summed E-state index contributed by atoms with van der Waals surface area (Å²) in [4.78, 5) is 0. The van der Waals surface area contributed by atoms with E-state index in [0.29, 0.717) is 6.61 Å². The first-order valence-electron chi connectivity index (χ1n) is 7.03. The molecular weight excluding hydrogens is 264 g/mol. The predicted octanol–water partition coefficient (Wildman–Crippen LogP) is 2.70. The van der Waals surface area contributed by atoms with E-state index in [9.17, 15) is 0 Å². The summed E-state index contributed by atoms with van der Waals surface area (Å²) in [7, 11) is 0. The zero-order chi connectivity index (χ0) is 13.9. The van der Waals surface area contributed by atoms with Crippen LogP contribution in [0, 0.1) is 0 Å². The van der Waals surface area contributed by atoms with Crippen molar-refractivity contribution in [1.29, 1.82) is 0 Å². The molecule has 2 atom stereocenters. The summed E-state index contributed by atoms with van der Waals surface area (Å²) in [6.45, 7) is 0.664. The number of benzene rings is 1. The average Bonchev–Trinajstić information content (AvgIpc) is 3.00. The molecule has 5 heteroatoms. The molecule has 5 nitrogen and oxygen atoms in total. The number of rotatable bonds is 1. The zero-order valence-electron chi connectivity index (χ0n) is 11.2. The standard InChI is InChI=1S/C16H12N4O/c1-2-4-11(5-3-1)15-8-12-6-7-21-16(12,20-19-15)14-10-18-17-9-13(14)15/h1-5,8-10H,6-7H2/t15-,16+/m1/s1. The highest BCUT2D eigenvalue weighted by Gasteiger charge is 2.56. The normalized spacial score (nSPS) is 31.7. The maximum Gasteiger partial charge on any atom is 0.229 e. The minimum atomic E-state index is -0.748. The number of ether oxygens (including phenoxy) is 1. The van der Waals surface area contributed by atoms with Crippen molar-refractivity contribution < 1.29 is 4.74 Å². The summed E-state index contributed by atoms with van der Waals surface area (Å²) in [6.07, 6.45) is 6.64. The lowest BCUT2D eigenvalue weighted by atomic mass is 9.71. The van der Waals surface area contributed by atoms with Crippen LogP contribution in [0.25, 0.3) is 0 Å². The molecule has 0 radical (unpaired) electrons. The molecule has 1 aromatic heterocycles. The van der Waals surface area contributed by atoms with Crippen LogP contribution in [0.2, 0.25) is 0 Å². The maximum absolute atomic E-state index is 5.94. The van der Waals surface area contributed by atoms with Crippen molar-refractivity contribution in [3.05, 3.63) is 71.1 Å². The van der Waals surface area contributed by atoms with Gasteiger partial charge in [-0.1, -0.05) is 30.3 Å². The molecule has 2 aromatic rings. The van der Waals surface area contributed by atoms with Crippen LogP contribution < -0.4 is 0 Å². The predicted molar refractivity (Wildman–Crippen MR) is 74.4 cm³/mol. The van der Waals surface area contributed by atoms with Gasteiger partial charge in [-0.3, -0.25) is 0 Å². The lowest BCUT2D eigenvalue weighted by Gasteiger charge is -2.43. The molecule has 0 N–H and O–H groups in total. The monoisotopic (exact) mass is 276 g/mol. The van der Waals surface area contributed by atoms with Gasteiger partial charge in [-0.2, -0.15) is 15.3 Å². The molecule has 1 fully saturated rings. The molecule has 21 heavy (non-hydrogen) atoms. The highest BCUT2D eigenvalue weighted by Crippen LogP contribution is 2.57. The fourth-order valence-electron chi connectivity index (χ4n) is 3.58. The smallest absolute Gasteiger partial charge is 0.229 e. The average molecular weight is 276 g/mol. The topological polar surface area (TPSA) is 59.7 Å². The molecule has 102 valence electrons. The number of nitrogens with zero attached hydrogens (tertiary/aromatic N) is 4. The van der Waals surface area contributed by atoms with E-state index < -0.39 is 11.3 Å². The van der Waals surface area contributed by atoms with E-state index in [4.69, 9.17) is 4.74 Å². The lowest BCUT2D eigenvalue weighted by molar-refractivity contribution is 0.00932. The third-order valence-corrected chi connectivity index (χ3v) is 4.57. The summed E-state index contributed by atoms with van der Waals surface area (Å²) in [5.41, 5.74) is 2.94. The van der Waals surface area contributed by atoms with Gasteiger partial charge in [0.1, 0.15) is 0 Å². The van der Waals surface area contributed by atoms with Gasteiger partial charge in [0.2, 0.25) is 5.72 Å². The number of hydrogen-bond donors (Lipinski definition) is 0. The third kappa shape index (κ3) is 1.21. The van der Waals surface area contributed by atoms with Crippen LogP contribution in [0.1, 0.15) is 23.1 Å². The minimum Gasteiger partial charge on any atom is -0.345 e. The number of aromatic nitrogens is 2. The Morgan fingerprint density at radius 2 is 1.76 bits per heavy atom. The SMILES string of the molecule is C1=C2CCO[C@@]23N=N[C@]1(c1ccccc1)c1cnncc13. The quantitative estimate of drug-likeness (QED) is 0.752. The fourth-order valence-corrected chi connectivity index (χ4v) is 3.58. The lowest BCUT2D eigenvalue weighted by Crippen LogP contribution is -2.42. The Morgan fingerprint density at radius 1 is 0.952 bits per heavy atom. The van der Waals surface area contributed by atoms with Crippen LogP contribution in [0.15, 0.2) is 64.6 Å². The van der Waals surface area contributed by atoms with Gasteiger partial charge in [0.25, 0.3) is 0 Å². The fraction of sp³-hybridized carbons (Fsp3) is 0.250. The van der Waals surface area contributed by atoms with E-state index in [1.807, 2.05) is 18.2 Å². The first-order chi connectivity index (χ1) is 10.4. The molecule has 0 amide bonds. The van der Waals surface area contributed by atoms with Crippen molar-refractivity contribution in [1.82, 2.24) is 10.2 Å². The van der Waals surface area contributed by atoms with E-state index in [0.717, 1.165) is 23.1 Å². The molecule has 1 spiro atoms. The maximum atomic E-state index is 5.94. The summed E-state index contributed by atoms with van der Waals surface area (Å²) < 4.78 is 5.94. The van der Waals surface area contributed by atoms with Crippen molar-refractivity contribution in [2.45, 2.75) is 17.7 Å². The van der Waals surface area contributed by atoms with Crippen LogP contribution in [0.4, 0.5) is 0 Å². The van der Waals surface area contributed by atoms with Gasteiger partial charge in [-0.15, -0.1) is 5.11 Å². The van der Waals surface area contributed by atoms with E-state index in [-0.39, 0.29) is 0 Å². The molecule has 4 aliphatic rings. The Kier molecular flexibility index (Phi) is 1.94. The molecule has 4 heterocycles. The second-order valence-electron chi connectivity index (χ2n) is 5.56. The largest absolute Gasteiger partial charge is 0.345 e. The van der Waals surface area contributed by atoms with Crippen molar-refractivity contribution in [3.63, 3.8) is 0 Å². The molecule has 2 bridgehead atoms. The molecule has 6 rings (SSSR count). The first-order valence-corrected chi connectivity index (χ1v) is 7.03. The highest BCUT2D eigenvalue weighted by molar-refractivity contribution is 5.57. The molecule has 0 saturated carbocycles. The summed E-state index contributed by atoms with van der Waals surface area (Å²) in [5.74, 6) is 0. The van der Waals surface area contributed by atoms with Crippen molar-refractivity contribution in [2.75, 3.05) is 6.61 Å². The Morgan fingerprint density at radius 3 is 2.62 bits per heavy atom. The van der Waals surface area contributed by atoms with Crippen LogP contribution in [-0.4, -0.2) is 16.8 Å². The second kappa shape index (κ2) is 3.62. The van der Waals surface area contributed by atoms with Crippen LogP contribution in [0.5, 0.6) is 0 Å².